The SMILES string of the molecule is CCCOc1ccc(/C=C/C(=O)N2CCCC(c3nccs3)C2)cc1OCC. The highest BCUT2D eigenvalue weighted by atomic mass is 32.1. The summed E-state index contributed by atoms with van der Waals surface area (Å²) >= 11 is 1.67. The molecule has 1 aliphatic rings. The largest absolute Gasteiger partial charge is 0.490 e. The Morgan fingerprint density at radius 2 is 2.21 bits per heavy atom. The van der Waals surface area contributed by atoms with E-state index in [1.807, 2.05) is 47.7 Å². The fraction of sp³-hybridized carbons (Fsp3) is 0.455. The van der Waals surface area contributed by atoms with Gasteiger partial charge in [0.05, 0.1) is 18.2 Å². The van der Waals surface area contributed by atoms with Gasteiger partial charge in [-0.1, -0.05) is 13.0 Å². The van der Waals surface area contributed by atoms with E-state index < -0.39 is 0 Å². The topological polar surface area (TPSA) is 51.7 Å². The van der Waals surface area contributed by atoms with Crippen molar-refractivity contribution in [1.82, 2.24) is 9.88 Å². The van der Waals surface area contributed by atoms with Crippen LogP contribution < -0.4 is 9.47 Å². The van der Waals surface area contributed by atoms with Gasteiger partial charge in [-0.25, -0.2) is 4.98 Å². The Balaban J connectivity index is 1.65. The first-order valence-corrected chi connectivity index (χ1v) is 10.8. The summed E-state index contributed by atoms with van der Waals surface area (Å²) in [5.74, 6) is 1.86. The van der Waals surface area contributed by atoms with E-state index in [9.17, 15) is 4.79 Å². The number of hydrogen-bond donors (Lipinski definition) is 0. The molecule has 0 spiro atoms. The maximum atomic E-state index is 12.7. The van der Waals surface area contributed by atoms with Gasteiger partial charge in [-0.2, -0.15) is 0 Å². The lowest BCUT2D eigenvalue weighted by molar-refractivity contribution is -0.127. The lowest BCUT2D eigenvalue weighted by atomic mass is 9.98. The van der Waals surface area contributed by atoms with Crippen molar-refractivity contribution in [2.45, 2.75) is 39.0 Å². The second kappa shape index (κ2) is 10.3. The number of nitrogens with zero attached hydrogens (tertiary/aromatic N) is 2. The molecule has 5 nitrogen and oxygen atoms in total. The van der Waals surface area contributed by atoms with Crippen molar-refractivity contribution in [2.24, 2.45) is 0 Å². The maximum Gasteiger partial charge on any atom is 0.246 e. The molecule has 1 aromatic carbocycles. The summed E-state index contributed by atoms with van der Waals surface area (Å²) in [4.78, 5) is 19.0. The summed E-state index contributed by atoms with van der Waals surface area (Å²) in [5, 5.41) is 3.13. The summed E-state index contributed by atoms with van der Waals surface area (Å²) in [6.07, 6.45) is 8.40. The van der Waals surface area contributed by atoms with Crippen molar-refractivity contribution < 1.29 is 14.3 Å². The number of carbonyl (C=O) groups is 1. The molecule has 0 saturated carbocycles. The van der Waals surface area contributed by atoms with E-state index in [0.717, 1.165) is 48.7 Å². The Hall–Kier alpha value is -2.34. The second-order valence-electron chi connectivity index (χ2n) is 6.81. The van der Waals surface area contributed by atoms with Gasteiger partial charge in [-0.3, -0.25) is 4.79 Å². The van der Waals surface area contributed by atoms with Gasteiger partial charge in [0.25, 0.3) is 0 Å². The van der Waals surface area contributed by atoms with Gasteiger partial charge in [-0.05, 0) is 50.0 Å². The predicted molar refractivity (Wildman–Crippen MR) is 113 cm³/mol. The zero-order chi connectivity index (χ0) is 19.8. The monoisotopic (exact) mass is 400 g/mol. The van der Waals surface area contributed by atoms with Crippen LogP contribution in [0.3, 0.4) is 0 Å². The predicted octanol–water partition coefficient (Wildman–Crippen LogP) is 4.75. The van der Waals surface area contributed by atoms with Crippen LogP contribution in [0.1, 0.15) is 49.6 Å². The van der Waals surface area contributed by atoms with Crippen LogP contribution >= 0.6 is 11.3 Å². The van der Waals surface area contributed by atoms with Gasteiger partial charge in [0, 0.05) is 36.7 Å². The number of amides is 1. The van der Waals surface area contributed by atoms with Crippen LogP contribution in [0.4, 0.5) is 0 Å². The number of thiazole rings is 1. The number of rotatable bonds is 8. The third-order valence-electron chi connectivity index (χ3n) is 4.68. The van der Waals surface area contributed by atoms with Crippen molar-refractivity contribution in [3.05, 3.63) is 46.4 Å². The first kappa shape index (κ1) is 20.4. The van der Waals surface area contributed by atoms with E-state index in [2.05, 4.69) is 11.9 Å². The first-order chi connectivity index (χ1) is 13.7. The molecule has 2 aromatic rings. The van der Waals surface area contributed by atoms with Gasteiger partial charge in [-0.15, -0.1) is 11.3 Å². The average Bonchev–Trinajstić information content (AvgIpc) is 3.26. The highest BCUT2D eigenvalue weighted by Gasteiger charge is 2.25. The van der Waals surface area contributed by atoms with E-state index in [0.29, 0.717) is 24.9 Å². The number of piperidine rings is 1. The molecule has 1 unspecified atom stereocenters. The molecule has 3 rings (SSSR count). The molecule has 1 saturated heterocycles. The number of carbonyl (C=O) groups excluding carboxylic acids is 1. The van der Waals surface area contributed by atoms with Gasteiger partial charge in [0.2, 0.25) is 5.91 Å². The number of ether oxygens (including phenoxy) is 2. The van der Waals surface area contributed by atoms with Crippen molar-refractivity contribution in [1.29, 1.82) is 0 Å². The molecule has 1 amide bonds. The normalized spacial score (nSPS) is 17.1. The smallest absolute Gasteiger partial charge is 0.246 e. The molecule has 1 aliphatic heterocycles. The van der Waals surface area contributed by atoms with Crippen molar-refractivity contribution in [3.8, 4) is 11.5 Å². The third kappa shape index (κ3) is 5.35. The van der Waals surface area contributed by atoms with E-state index in [1.165, 1.54) is 0 Å². The standard InChI is InChI=1S/C22H28N2O3S/c1-3-13-27-19-9-7-17(15-20(19)26-4-2)8-10-21(25)24-12-5-6-18(16-24)22-23-11-14-28-22/h7-11,14-15,18H,3-6,12-13,16H2,1-2H3/b10-8+. The first-order valence-electron chi connectivity index (χ1n) is 9.97. The van der Waals surface area contributed by atoms with Crippen molar-refractivity contribution in [2.75, 3.05) is 26.3 Å². The van der Waals surface area contributed by atoms with Gasteiger partial charge in [0.15, 0.2) is 11.5 Å². The summed E-state index contributed by atoms with van der Waals surface area (Å²) in [7, 11) is 0. The van der Waals surface area contributed by atoms with Gasteiger partial charge >= 0.3 is 0 Å². The number of aromatic nitrogens is 1. The highest BCUT2D eigenvalue weighted by Crippen LogP contribution is 2.30. The summed E-state index contributed by atoms with van der Waals surface area (Å²) < 4.78 is 11.4. The van der Waals surface area contributed by atoms with Gasteiger partial charge < -0.3 is 14.4 Å². The molecule has 150 valence electrons. The van der Waals surface area contributed by atoms with E-state index in [4.69, 9.17) is 9.47 Å². The summed E-state index contributed by atoms with van der Waals surface area (Å²) in [5.41, 5.74) is 0.925. The maximum absolute atomic E-state index is 12.7. The minimum Gasteiger partial charge on any atom is -0.490 e. The van der Waals surface area contributed by atoms with Crippen LogP contribution in [0.15, 0.2) is 35.9 Å². The lowest BCUT2D eigenvalue weighted by Crippen LogP contribution is -2.38. The molecule has 0 radical (unpaired) electrons. The highest BCUT2D eigenvalue weighted by molar-refractivity contribution is 7.09. The van der Waals surface area contributed by atoms with Crippen LogP contribution in [0.5, 0.6) is 11.5 Å². The lowest BCUT2D eigenvalue weighted by Gasteiger charge is -2.31. The number of benzene rings is 1. The molecule has 6 heteroatoms. The van der Waals surface area contributed by atoms with Crippen LogP contribution in [0.25, 0.3) is 6.08 Å². The van der Waals surface area contributed by atoms with Crippen LogP contribution in [0, 0.1) is 0 Å². The van der Waals surface area contributed by atoms with Crippen LogP contribution in [0.2, 0.25) is 0 Å². The fourth-order valence-electron chi connectivity index (χ4n) is 3.32. The Morgan fingerprint density at radius 3 is 2.96 bits per heavy atom. The van der Waals surface area contributed by atoms with Crippen LogP contribution in [-0.2, 0) is 4.79 Å². The Labute approximate surface area is 171 Å². The molecule has 0 aliphatic carbocycles. The van der Waals surface area contributed by atoms with Crippen molar-refractivity contribution >= 4 is 23.3 Å². The second-order valence-corrected chi connectivity index (χ2v) is 7.74. The quantitative estimate of drug-likeness (QED) is 0.600. The molecule has 0 bridgehead atoms. The zero-order valence-corrected chi connectivity index (χ0v) is 17.4. The number of hydrogen-bond acceptors (Lipinski definition) is 5. The molecular formula is C22H28N2O3S. The Bertz CT molecular complexity index is 789. The van der Waals surface area contributed by atoms with Crippen LogP contribution in [-0.4, -0.2) is 42.1 Å². The molecule has 1 atom stereocenters. The molecule has 0 N–H and O–H groups in total. The zero-order valence-electron chi connectivity index (χ0n) is 16.6. The van der Waals surface area contributed by atoms with E-state index >= 15 is 0 Å². The molecule has 1 fully saturated rings. The Kier molecular flexibility index (Phi) is 7.48. The van der Waals surface area contributed by atoms with E-state index in [1.54, 1.807) is 17.4 Å². The van der Waals surface area contributed by atoms with Crippen molar-refractivity contribution in [3.63, 3.8) is 0 Å². The third-order valence-corrected chi connectivity index (χ3v) is 5.62. The Morgan fingerprint density at radius 1 is 1.32 bits per heavy atom. The summed E-state index contributed by atoms with van der Waals surface area (Å²) in [6.45, 7) is 6.79. The molecule has 28 heavy (non-hydrogen) atoms. The summed E-state index contributed by atoms with van der Waals surface area (Å²) in [6, 6.07) is 5.78. The minimum absolute atomic E-state index is 0.0468. The average molecular weight is 401 g/mol. The fourth-order valence-corrected chi connectivity index (χ4v) is 4.08. The van der Waals surface area contributed by atoms with Gasteiger partial charge in [0.1, 0.15) is 0 Å². The van der Waals surface area contributed by atoms with E-state index in [-0.39, 0.29) is 5.91 Å². The molecule has 2 heterocycles. The molecular weight excluding hydrogens is 372 g/mol. The minimum atomic E-state index is 0.0468. The number of likely N-dealkylation sites (tertiary alicyclic amines) is 1. The molecule has 1 aromatic heterocycles.